The van der Waals surface area contributed by atoms with Gasteiger partial charge in [0.05, 0.1) is 24.1 Å². The molecule has 4 rings (SSSR count). The Balaban J connectivity index is 1.45. The molecule has 0 unspecified atom stereocenters. The van der Waals surface area contributed by atoms with Gasteiger partial charge in [-0.1, -0.05) is 0 Å². The van der Waals surface area contributed by atoms with Gasteiger partial charge >= 0.3 is 6.18 Å². The summed E-state index contributed by atoms with van der Waals surface area (Å²) in [5.74, 6) is -0.670. The Morgan fingerprint density at radius 3 is 2.59 bits per heavy atom. The molecule has 2 aromatic heterocycles. The van der Waals surface area contributed by atoms with Crippen LogP contribution in [0.15, 0.2) is 36.7 Å². The van der Waals surface area contributed by atoms with E-state index < -0.39 is 12.0 Å². The normalized spacial score (nSPS) is 15.0. The van der Waals surface area contributed by atoms with Crippen LogP contribution < -0.4 is 0 Å². The zero-order valence-corrected chi connectivity index (χ0v) is 14.1. The monoisotopic (exact) mass is 377 g/mol. The van der Waals surface area contributed by atoms with Crippen LogP contribution in [0.1, 0.15) is 22.9 Å². The van der Waals surface area contributed by atoms with Crippen molar-refractivity contribution < 1.29 is 17.6 Å². The summed E-state index contributed by atoms with van der Waals surface area (Å²) in [4.78, 5) is 16.7. The first kappa shape index (κ1) is 17.6. The van der Waals surface area contributed by atoms with Crippen molar-refractivity contribution in [3.05, 3.63) is 65.4 Å². The highest BCUT2D eigenvalue weighted by molar-refractivity contribution is 5.58. The Hall–Kier alpha value is -2.81. The van der Waals surface area contributed by atoms with Crippen LogP contribution in [-0.4, -0.2) is 31.4 Å². The number of nitrogens with zero attached hydrogens (tertiary/aromatic N) is 4. The van der Waals surface area contributed by atoms with E-state index in [4.69, 9.17) is 0 Å². The number of rotatable bonds is 3. The molecule has 0 aliphatic carbocycles. The second-order valence-electron chi connectivity index (χ2n) is 6.37. The van der Waals surface area contributed by atoms with Gasteiger partial charge < -0.3 is 4.98 Å². The van der Waals surface area contributed by atoms with Gasteiger partial charge in [0.1, 0.15) is 11.6 Å². The summed E-state index contributed by atoms with van der Waals surface area (Å²) >= 11 is 0. The molecular formula is C18H15F4N5. The third-order valence-electron chi connectivity index (χ3n) is 4.42. The second-order valence-corrected chi connectivity index (χ2v) is 6.37. The molecule has 140 valence electrons. The summed E-state index contributed by atoms with van der Waals surface area (Å²) < 4.78 is 51.2. The van der Waals surface area contributed by atoms with E-state index in [1.54, 1.807) is 18.3 Å². The largest absolute Gasteiger partial charge is 0.451 e. The zero-order valence-electron chi connectivity index (χ0n) is 14.1. The Kier molecular flexibility index (Phi) is 4.39. The predicted molar refractivity (Wildman–Crippen MR) is 88.8 cm³/mol. The van der Waals surface area contributed by atoms with Gasteiger partial charge in [0.2, 0.25) is 5.82 Å². The number of halogens is 4. The lowest BCUT2D eigenvalue weighted by Crippen LogP contribution is -2.32. The summed E-state index contributed by atoms with van der Waals surface area (Å²) in [6.07, 6.45) is -1.17. The SMILES string of the molecule is Fc1ccc(-c2cnc(CN3CCc4nc(C(F)(F)F)ncc4C3)[nH]2)cc1. The summed E-state index contributed by atoms with van der Waals surface area (Å²) in [5.41, 5.74) is 2.74. The van der Waals surface area contributed by atoms with E-state index in [-0.39, 0.29) is 5.82 Å². The van der Waals surface area contributed by atoms with Gasteiger partial charge in [-0.25, -0.2) is 19.3 Å². The fourth-order valence-corrected chi connectivity index (χ4v) is 3.08. The highest BCUT2D eigenvalue weighted by Gasteiger charge is 2.35. The molecule has 0 atom stereocenters. The van der Waals surface area contributed by atoms with E-state index >= 15 is 0 Å². The minimum absolute atomic E-state index is 0.304. The Morgan fingerprint density at radius 1 is 1.07 bits per heavy atom. The van der Waals surface area contributed by atoms with Crippen molar-refractivity contribution in [3.8, 4) is 11.3 Å². The van der Waals surface area contributed by atoms with Crippen LogP contribution in [0.25, 0.3) is 11.3 Å². The second kappa shape index (κ2) is 6.73. The molecule has 1 aliphatic rings. The zero-order chi connectivity index (χ0) is 19.0. The minimum atomic E-state index is -4.53. The van der Waals surface area contributed by atoms with E-state index in [9.17, 15) is 17.6 Å². The first-order valence-electron chi connectivity index (χ1n) is 8.32. The lowest BCUT2D eigenvalue weighted by Gasteiger charge is -2.27. The molecule has 27 heavy (non-hydrogen) atoms. The number of nitrogens with one attached hydrogen (secondary N) is 1. The van der Waals surface area contributed by atoms with Crippen molar-refractivity contribution in [1.82, 2.24) is 24.8 Å². The van der Waals surface area contributed by atoms with Gasteiger partial charge in [-0.15, -0.1) is 0 Å². The summed E-state index contributed by atoms with van der Waals surface area (Å²) in [6, 6.07) is 6.10. The number of alkyl halides is 3. The van der Waals surface area contributed by atoms with Crippen LogP contribution >= 0.6 is 0 Å². The van der Waals surface area contributed by atoms with Crippen molar-refractivity contribution in [2.75, 3.05) is 6.54 Å². The van der Waals surface area contributed by atoms with E-state index in [2.05, 4.69) is 24.8 Å². The first-order valence-corrected chi connectivity index (χ1v) is 8.32. The number of hydrogen-bond donors (Lipinski definition) is 1. The van der Waals surface area contributed by atoms with Gasteiger partial charge in [0, 0.05) is 31.3 Å². The van der Waals surface area contributed by atoms with Crippen LogP contribution in [0.5, 0.6) is 0 Å². The maximum atomic E-state index is 13.0. The van der Waals surface area contributed by atoms with Gasteiger partial charge in [-0.05, 0) is 29.8 Å². The number of imidazole rings is 1. The number of fused-ring (bicyclic) bond motifs is 1. The number of aromatic nitrogens is 4. The van der Waals surface area contributed by atoms with Gasteiger partial charge in [0.15, 0.2) is 0 Å². The minimum Gasteiger partial charge on any atom is -0.341 e. The lowest BCUT2D eigenvalue weighted by atomic mass is 10.1. The van der Waals surface area contributed by atoms with Gasteiger partial charge in [-0.2, -0.15) is 13.2 Å². The average molecular weight is 377 g/mol. The van der Waals surface area contributed by atoms with Crippen LogP contribution in [0.4, 0.5) is 17.6 Å². The third kappa shape index (κ3) is 3.82. The molecule has 0 radical (unpaired) electrons. The fraction of sp³-hybridized carbons (Fsp3) is 0.278. The predicted octanol–water partition coefficient (Wildman–Crippen LogP) is 3.58. The maximum Gasteiger partial charge on any atom is 0.451 e. The highest BCUT2D eigenvalue weighted by Crippen LogP contribution is 2.28. The smallest absolute Gasteiger partial charge is 0.341 e. The number of benzene rings is 1. The van der Waals surface area contributed by atoms with E-state index in [1.807, 2.05) is 0 Å². The quantitative estimate of drug-likeness (QED) is 0.709. The van der Waals surface area contributed by atoms with E-state index in [0.29, 0.717) is 37.3 Å². The van der Waals surface area contributed by atoms with Crippen molar-refractivity contribution in [2.45, 2.75) is 25.7 Å². The fourth-order valence-electron chi connectivity index (χ4n) is 3.08. The van der Waals surface area contributed by atoms with Crippen molar-refractivity contribution in [2.24, 2.45) is 0 Å². The third-order valence-corrected chi connectivity index (χ3v) is 4.42. The Labute approximate surface area is 152 Å². The Bertz CT molecular complexity index is 949. The molecule has 3 aromatic rings. The Morgan fingerprint density at radius 2 is 1.85 bits per heavy atom. The lowest BCUT2D eigenvalue weighted by molar-refractivity contribution is -0.145. The van der Waals surface area contributed by atoms with Crippen LogP contribution in [-0.2, 0) is 25.7 Å². The molecular weight excluding hydrogens is 362 g/mol. The standard InChI is InChI=1S/C18H15F4N5/c19-13-3-1-11(2-4-13)15-8-23-16(25-15)10-27-6-5-14-12(9-27)7-24-17(26-14)18(20,21)22/h1-4,7-8H,5-6,9-10H2,(H,23,25). The molecule has 0 saturated carbocycles. The molecule has 1 N–H and O–H groups in total. The van der Waals surface area contributed by atoms with Crippen LogP contribution in [0.2, 0.25) is 0 Å². The number of H-pyrrole nitrogens is 1. The molecule has 0 amide bonds. The molecule has 9 heteroatoms. The summed E-state index contributed by atoms with van der Waals surface area (Å²) in [5, 5.41) is 0. The summed E-state index contributed by atoms with van der Waals surface area (Å²) in [7, 11) is 0. The van der Waals surface area contributed by atoms with Crippen molar-refractivity contribution in [3.63, 3.8) is 0 Å². The average Bonchev–Trinajstić information content (AvgIpc) is 3.09. The van der Waals surface area contributed by atoms with Crippen LogP contribution in [0.3, 0.4) is 0 Å². The molecule has 0 spiro atoms. The van der Waals surface area contributed by atoms with Crippen LogP contribution in [0, 0.1) is 5.82 Å². The van der Waals surface area contributed by atoms with Gasteiger partial charge in [-0.3, -0.25) is 4.90 Å². The van der Waals surface area contributed by atoms with Crippen molar-refractivity contribution >= 4 is 0 Å². The molecule has 0 bridgehead atoms. The van der Waals surface area contributed by atoms with E-state index in [0.717, 1.165) is 17.1 Å². The van der Waals surface area contributed by atoms with Gasteiger partial charge in [0.25, 0.3) is 0 Å². The molecule has 1 aromatic carbocycles. The highest BCUT2D eigenvalue weighted by atomic mass is 19.4. The first-order chi connectivity index (χ1) is 12.9. The maximum absolute atomic E-state index is 13.0. The number of aromatic amines is 1. The topological polar surface area (TPSA) is 57.7 Å². The molecule has 3 heterocycles. The van der Waals surface area contributed by atoms with Crippen molar-refractivity contribution in [1.29, 1.82) is 0 Å². The molecule has 5 nitrogen and oxygen atoms in total. The molecule has 0 fully saturated rings. The summed E-state index contributed by atoms with van der Waals surface area (Å²) in [6.45, 7) is 1.55. The van der Waals surface area contributed by atoms with E-state index in [1.165, 1.54) is 18.3 Å². The molecule has 1 aliphatic heterocycles. The number of hydrogen-bond acceptors (Lipinski definition) is 4. The molecule has 0 saturated heterocycles.